The van der Waals surface area contributed by atoms with Crippen LogP contribution in [-0.2, 0) is 4.79 Å². The van der Waals surface area contributed by atoms with E-state index in [9.17, 15) is 14.0 Å². The Morgan fingerprint density at radius 3 is 2.65 bits per heavy atom. The second-order valence-corrected chi connectivity index (χ2v) is 3.70. The van der Waals surface area contributed by atoms with Crippen LogP contribution in [0.25, 0.3) is 0 Å². The van der Waals surface area contributed by atoms with E-state index in [0.717, 1.165) is 12.1 Å². The van der Waals surface area contributed by atoms with Gasteiger partial charge in [-0.15, -0.1) is 0 Å². The molecular weight excluding hydrogens is 225 g/mol. The van der Waals surface area contributed by atoms with Gasteiger partial charge in [0.2, 0.25) is 5.91 Å². The summed E-state index contributed by atoms with van der Waals surface area (Å²) >= 11 is 0. The molecule has 0 bridgehead atoms. The van der Waals surface area contributed by atoms with Gasteiger partial charge in [0.15, 0.2) is 0 Å². The highest BCUT2D eigenvalue weighted by Crippen LogP contribution is 2.12. The molecule has 0 spiro atoms. The Kier molecular flexibility index (Phi) is 4.03. The molecule has 17 heavy (non-hydrogen) atoms. The van der Waals surface area contributed by atoms with E-state index in [4.69, 9.17) is 5.73 Å². The quantitative estimate of drug-likeness (QED) is 0.741. The number of anilines is 1. The molecule has 0 unspecified atom stereocenters. The molecule has 0 heterocycles. The summed E-state index contributed by atoms with van der Waals surface area (Å²) in [4.78, 5) is 24.2. The first-order chi connectivity index (χ1) is 7.91. The average molecular weight is 239 g/mol. The van der Waals surface area contributed by atoms with E-state index in [2.05, 4.69) is 5.32 Å². The molecule has 0 aliphatic heterocycles. The number of carbonyl (C=O) groups excluding carboxylic acids is 2. The third kappa shape index (κ3) is 3.44. The molecule has 92 valence electrons. The molecule has 0 saturated carbocycles. The standard InChI is InChI=1S/C11H14FN3O2/c1-15(2)10(16)6-14-11(17)8-5-7(12)3-4-9(8)13/h3-5H,6,13H2,1-2H3,(H,14,17). The largest absolute Gasteiger partial charge is 0.398 e. The summed E-state index contributed by atoms with van der Waals surface area (Å²) in [5.74, 6) is -1.38. The first kappa shape index (κ1) is 13.0. The van der Waals surface area contributed by atoms with Crippen LogP contribution in [0.5, 0.6) is 0 Å². The van der Waals surface area contributed by atoms with E-state index in [1.165, 1.54) is 11.0 Å². The maximum Gasteiger partial charge on any atom is 0.253 e. The van der Waals surface area contributed by atoms with Gasteiger partial charge in [-0.25, -0.2) is 4.39 Å². The van der Waals surface area contributed by atoms with E-state index in [1.807, 2.05) is 0 Å². The van der Waals surface area contributed by atoms with Gasteiger partial charge in [-0.1, -0.05) is 0 Å². The molecule has 0 saturated heterocycles. The Morgan fingerprint density at radius 2 is 2.06 bits per heavy atom. The maximum atomic E-state index is 12.9. The van der Waals surface area contributed by atoms with Crippen molar-refractivity contribution < 1.29 is 14.0 Å². The predicted molar refractivity (Wildman–Crippen MR) is 61.8 cm³/mol. The van der Waals surface area contributed by atoms with Gasteiger partial charge in [0.1, 0.15) is 5.82 Å². The summed E-state index contributed by atoms with van der Waals surface area (Å²) < 4.78 is 12.9. The Morgan fingerprint density at radius 1 is 1.41 bits per heavy atom. The number of rotatable bonds is 3. The fraction of sp³-hybridized carbons (Fsp3) is 0.273. The zero-order chi connectivity index (χ0) is 13.0. The molecular formula is C11H14FN3O2. The fourth-order valence-electron chi connectivity index (χ4n) is 1.13. The van der Waals surface area contributed by atoms with E-state index in [-0.39, 0.29) is 23.7 Å². The monoisotopic (exact) mass is 239 g/mol. The van der Waals surface area contributed by atoms with Crippen molar-refractivity contribution >= 4 is 17.5 Å². The van der Waals surface area contributed by atoms with Crippen molar-refractivity contribution in [1.82, 2.24) is 10.2 Å². The first-order valence-electron chi connectivity index (χ1n) is 4.95. The van der Waals surface area contributed by atoms with Crippen molar-refractivity contribution in [2.24, 2.45) is 0 Å². The molecule has 0 atom stereocenters. The highest BCUT2D eigenvalue weighted by Gasteiger charge is 2.12. The van der Waals surface area contributed by atoms with Gasteiger partial charge in [0, 0.05) is 19.8 Å². The Hall–Kier alpha value is -2.11. The summed E-state index contributed by atoms with van der Waals surface area (Å²) in [6, 6.07) is 3.50. The molecule has 0 aromatic heterocycles. The third-order valence-corrected chi connectivity index (χ3v) is 2.16. The number of likely N-dealkylation sites (N-methyl/N-ethyl adjacent to an activating group) is 1. The van der Waals surface area contributed by atoms with Crippen LogP contribution in [0.2, 0.25) is 0 Å². The number of nitrogens with one attached hydrogen (secondary N) is 1. The molecule has 1 aromatic carbocycles. The number of nitrogens with zero attached hydrogens (tertiary/aromatic N) is 1. The number of hydrogen-bond donors (Lipinski definition) is 2. The number of amides is 2. The smallest absolute Gasteiger partial charge is 0.253 e. The van der Waals surface area contributed by atoms with Gasteiger partial charge < -0.3 is 16.0 Å². The zero-order valence-electron chi connectivity index (χ0n) is 9.66. The molecule has 0 aliphatic rings. The lowest BCUT2D eigenvalue weighted by Crippen LogP contribution is -2.36. The lowest BCUT2D eigenvalue weighted by Gasteiger charge is -2.11. The Balaban J connectivity index is 2.70. The SMILES string of the molecule is CN(C)C(=O)CNC(=O)c1cc(F)ccc1N. The Labute approximate surface area is 98.4 Å². The molecule has 3 N–H and O–H groups in total. The van der Waals surface area contributed by atoms with Crippen LogP contribution < -0.4 is 11.1 Å². The van der Waals surface area contributed by atoms with Gasteiger partial charge in [-0.3, -0.25) is 9.59 Å². The summed E-state index contributed by atoms with van der Waals surface area (Å²) in [5.41, 5.74) is 5.73. The van der Waals surface area contributed by atoms with Crippen LogP contribution in [0.3, 0.4) is 0 Å². The number of nitrogen functional groups attached to an aromatic ring is 1. The van der Waals surface area contributed by atoms with Crippen molar-refractivity contribution in [2.75, 3.05) is 26.4 Å². The molecule has 2 amide bonds. The highest BCUT2D eigenvalue weighted by atomic mass is 19.1. The maximum absolute atomic E-state index is 12.9. The summed E-state index contributed by atoms with van der Waals surface area (Å²) in [7, 11) is 3.15. The topological polar surface area (TPSA) is 75.4 Å². The van der Waals surface area contributed by atoms with Crippen LogP contribution >= 0.6 is 0 Å². The van der Waals surface area contributed by atoms with E-state index in [1.54, 1.807) is 14.1 Å². The normalized spacial score (nSPS) is 9.82. The number of carbonyl (C=O) groups is 2. The van der Waals surface area contributed by atoms with Gasteiger partial charge in [0.25, 0.3) is 5.91 Å². The van der Waals surface area contributed by atoms with Crippen LogP contribution in [0.1, 0.15) is 10.4 Å². The number of benzene rings is 1. The molecule has 0 aliphatic carbocycles. The zero-order valence-corrected chi connectivity index (χ0v) is 9.66. The number of halogens is 1. The summed E-state index contributed by atoms with van der Waals surface area (Å²) in [6.07, 6.45) is 0. The first-order valence-corrected chi connectivity index (χ1v) is 4.95. The third-order valence-electron chi connectivity index (χ3n) is 2.16. The van der Waals surface area contributed by atoms with Crippen molar-refractivity contribution in [3.63, 3.8) is 0 Å². The van der Waals surface area contributed by atoms with Gasteiger partial charge in [0.05, 0.1) is 12.1 Å². The second-order valence-electron chi connectivity index (χ2n) is 3.70. The minimum absolute atomic E-state index is 0.0246. The van der Waals surface area contributed by atoms with Crippen LogP contribution in [0.15, 0.2) is 18.2 Å². The van der Waals surface area contributed by atoms with Gasteiger partial charge in [-0.2, -0.15) is 0 Å². The van der Waals surface area contributed by atoms with Gasteiger partial charge >= 0.3 is 0 Å². The number of nitrogens with two attached hydrogens (primary N) is 1. The fourth-order valence-corrected chi connectivity index (χ4v) is 1.13. The molecule has 6 heteroatoms. The molecule has 5 nitrogen and oxygen atoms in total. The van der Waals surface area contributed by atoms with Crippen LogP contribution in [0.4, 0.5) is 10.1 Å². The van der Waals surface area contributed by atoms with E-state index >= 15 is 0 Å². The van der Waals surface area contributed by atoms with Crippen LogP contribution in [-0.4, -0.2) is 37.4 Å². The van der Waals surface area contributed by atoms with Crippen LogP contribution in [0, 0.1) is 5.82 Å². The lowest BCUT2D eigenvalue weighted by molar-refractivity contribution is -0.127. The van der Waals surface area contributed by atoms with Crippen molar-refractivity contribution in [2.45, 2.75) is 0 Å². The predicted octanol–water partition coefficient (Wildman–Crippen LogP) is 0.226. The minimum Gasteiger partial charge on any atom is -0.398 e. The summed E-state index contributed by atoms with van der Waals surface area (Å²) in [6.45, 7) is -0.151. The average Bonchev–Trinajstić information content (AvgIpc) is 2.28. The minimum atomic E-state index is -0.572. The second kappa shape index (κ2) is 5.29. The highest BCUT2D eigenvalue weighted by molar-refractivity contribution is 6.00. The molecule has 1 rings (SSSR count). The van der Waals surface area contributed by atoms with E-state index < -0.39 is 11.7 Å². The van der Waals surface area contributed by atoms with Crippen molar-refractivity contribution in [3.8, 4) is 0 Å². The molecule has 1 aromatic rings. The Bertz CT molecular complexity index is 446. The van der Waals surface area contributed by atoms with Crippen molar-refractivity contribution in [3.05, 3.63) is 29.6 Å². The van der Waals surface area contributed by atoms with E-state index in [0.29, 0.717) is 0 Å². The van der Waals surface area contributed by atoms with Crippen molar-refractivity contribution in [1.29, 1.82) is 0 Å². The number of hydrogen-bond acceptors (Lipinski definition) is 3. The molecule has 0 fully saturated rings. The lowest BCUT2D eigenvalue weighted by atomic mass is 10.1. The molecule has 0 radical (unpaired) electrons. The van der Waals surface area contributed by atoms with Gasteiger partial charge in [-0.05, 0) is 18.2 Å². The summed E-state index contributed by atoms with van der Waals surface area (Å²) in [5, 5.41) is 2.37.